The fraction of sp³-hybridized carbons (Fsp3) is 0.524. The minimum Gasteiger partial charge on any atom is -0.492 e. The van der Waals surface area contributed by atoms with Crippen molar-refractivity contribution < 1.29 is 4.74 Å². The summed E-state index contributed by atoms with van der Waals surface area (Å²) >= 11 is 1.74. The highest BCUT2D eigenvalue weighted by molar-refractivity contribution is 7.11. The highest BCUT2D eigenvalue weighted by atomic mass is 32.1. The molecule has 28 heavy (non-hydrogen) atoms. The van der Waals surface area contributed by atoms with Crippen LogP contribution in [0.15, 0.2) is 35.5 Å². The van der Waals surface area contributed by atoms with Gasteiger partial charge in [0.2, 0.25) is 0 Å². The van der Waals surface area contributed by atoms with Gasteiger partial charge >= 0.3 is 0 Å². The summed E-state index contributed by atoms with van der Waals surface area (Å²) in [7, 11) is 1.79. The second kappa shape index (κ2) is 12.4. The quantitative estimate of drug-likeness (QED) is 0.446. The lowest BCUT2D eigenvalue weighted by Gasteiger charge is -2.18. The molecule has 0 unspecified atom stereocenters. The topological polar surface area (TPSA) is 61.8 Å². The van der Waals surface area contributed by atoms with Crippen LogP contribution in [0, 0.1) is 6.92 Å². The van der Waals surface area contributed by atoms with Gasteiger partial charge in [-0.15, -0.1) is 11.3 Å². The number of hydrogen-bond donors (Lipinski definition) is 2. The highest BCUT2D eigenvalue weighted by Crippen LogP contribution is 2.12. The summed E-state index contributed by atoms with van der Waals surface area (Å²) < 4.78 is 5.84. The number of aromatic nitrogens is 1. The predicted molar refractivity (Wildman–Crippen MR) is 118 cm³/mol. The molecular weight excluding hydrogens is 370 g/mol. The summed E-state index contributed by atoms with van der Waals surface area (Å²) in [5.41, 5.74) is 1.19. The lowest BCUT2D eigenvalue weighted by atomic mass is 10.2. The number of aliphatic imine (C=N–C) groups is 1. The molecule has 1 heterocycles. The molecule has 0 amide bonds. The van der Waals surface area contributed by atoms with E-state index >= 15 is 0 Å². The van der Waals surface area contributed by atoms with Gasteiger partial charge in [0.1, 0.15) is 12.4 Å². The second-order valence-corrected chi connectivity index (χ2v) is 7.81. The number of nitrogens with one attached hydrogen (secondary N) is 2. The minimum atomic E-state index is 0.717. The molecule has 0 radical (unpaired) electrons. The summed E-state index contributed by atoms with van der Waals surface area (Å²) in [4.78, 5) is 12.3. The van der Waals surface area contributed by atoms with E-state index in [1.807, 2.05) is 18.3 Å². The van der Waals surface area contributed by atoms with E-state index < -0.39 is 0 Å². The number of hydrogen-bond acceptors (Lipinski definition) is 5. The average molecular weight is 404 g/mol. The van der Waals surface area contributed by atoms with Crippen molar-refractivity contribution in [3.05, 3.63) is 45.9 Å². The zero-order valence-corrected chi connectivity index (χ0v) is 18.3. The number of ether oxygens (including phenoxy) is 1. The van der Waals surface area contributed by atoms with Gasteiger partial charge in [-0.3, -0.25) is 4.99 Å². The van der Waals surface area contributed by atoms with Gasteiger partial charge in [0.15, 0.2) is 5.96 Å². The second-order valence-electron chi connectivity index (χ2n) is 6.49. The molecule has 0 aliphatic carbocycles. The summed E-state index contributed by atoms with van der Waals surface area (Å²) in [5.74, 6) is 1.71. The Morgan fingerprint density at radius 2 is 1.93 bits per heavy atom. The van der Waals surface area contributed by atoms with Gasteiger partial charge in [0.05, 0.1) is 5.01 Å². The van der Waals surface area contributed by atoms with Crippen LogP contribution >= 0.6 is 11.3 Å². The lowest BCUT2D eigenvalue weighted by Crippen LogP contribution is -2.37. The van der Waals surface area contributed by atoms with Crippen LogP contribution in [-0.4, -0.2) is 55.7 Å². The molecule has 1 aromatic heterocycles. The van der Waals surface area contributed by atoms with Crippen LogP contribution < -0.4 is 15.4 Å². The van der Waals surface area contributed by atoms with Crippen molar-refractivity contribution >= 4 is 17.3 Å². The van der Waals surface area contributed by atoms with E-state index in [0.717, 1.165) is 55.9 Å². The summed E-state index contributed by atoms with van der Waals surface area (Å²) in [6, 6.07) is 8.23. The van der Waals surface area contributed by atoms with Crippen molar-refractivity contribution in [3.63, 3.8) is 0 Å². The Morgan fingerprint density at radius 1 is 1.18 bits per heavy atom. The standard InChI is InChI=1S/C21H33N5OS/c1-5-26(6-2)13-14-27-19-9-7-18(8-10-19)16-25-21(22-4)23-12-11-20-24-15-17(3)28-20/h7-10,15H,5-6,11-14,16H2,1-4H3,(H2,22,23,25). The molecule has 0 aliphatic heterocycles. The van der Waals surface area contributed by atoms with Crippen LogP contribution in [0.4, 0.5) is 0 Å². The number of benzene rings is 1. The van der Waals surface area contributed by atoms with Crippen molar-refractivity contribution in [2.24, 2.45) is 4.99 Å². The Kier molecular flexibility index (Phi) is 9.79. The normalized spacial score (nSPS) is 11.7. The molecule has 0 atom stereocenters. The molecule has 0 bridgehead atoms. The number of thiazole rings is 1. The molecule has 0 aliphatic rings. The molecule has 2 N–H and O–H groups in total. The van der Waals surface area contributed by atoms with Crippen molar-refractivity contribution in [2.45, 2.75) is 33.7 Å². The van der Waals surface area contributed by atoms with Crippen LogP contribution in [0.25, 0.3) is 0 Å². The fourth-order valence-electron chi connectivity index (χ4n) is 2.75. The smallest absolute Gasteiger partial charge is 0.191 e. The molecule has 0 fully saturated rings. The van der Waals surface area contributed by atoms with Crippen molar-refractivity contribution in [2.75, 3.05) is 39.8 Å². The molecule has 7 heteroatoms. The molecule has 0 saturated heterocycles. The van der Waals surface area contributed by atoms with E-state index in [0.29, 0.717) is 6.61 Å². The molecule has 6 nitrogen and oxygen atoms in total. The molecule has 154 valence electrons. The number of nitrogens with zero attached hydrogens (tertiary/aromatic N) is 3. The Bertz CT molecular complexity index is 710. The Hall–Kier alpha value is -2.12. The van der Waals surface area contributed by atoms with Crippen LogP contribution in [0.3, 0.4) is 0 Å². The maximum absolute atomic E-state index is 5.84. The Labute approximate surface area is 173 Å². The van der Waals surface area contributed by atoms with E-state index in [1.54, 1.807) is 18.4 Å². The predicted octanol–water partition coefficient (Wildman–Crippen LogP) is 3.08. The number of aryl methyl sites for hydroxylation is 1. The van der Waals surface area contributed by atoms with Crippen LogP contribution in [0.1, 0.15) is 29.3 Å². The largest absolute Gasteiger partial charge is 0.492 e. The van der Waals surface area contributed by atoms with Gasteiger partial charge in [-0.25, -0.2) is 4.98 Å². The maximum Gasteiger partial charge on any atom is 0.191 e. The molecule has 2 aromatic rings. The molecule has 2 rings (SSSR count). The molecule has 1 aromatic carbocycles. The first-order chi connectivity index (χ1) is 13.6. The average Bonchev–Trinajstić information content (AvgIpc) is 3.14. The van der Waals surface area contributed by atoms with Crippen molar-refractivity contribution in [1.29, 1.82) is 0 Å². The summed E-state index contributed by atoms with van der Waals surface area (Å²) in [5, 5.41) is 7.83. The van der Waals surface area contributed by atoms with Crippen LogP contribution in [0.5, 0.6) is 5.75 Å². The van der Waals surface area contributed by atoms with Gasteiger partial charge in [0.25, 0.3) is 0 Å². The minimum absolute atomic E-state index is 0.717. The lowest BCUT2D eigenvalue weighted by molar-refractivity contribution is 0.223. The third-order valence-corrected chi connectivity index (χ3v) is 5.45. The summed E-state index contributed by atoms with van der Waals surface area (Å²) in [6.45, 7) is 11.8. The van der Waals surface area contributed by atoms with Crippen LogP contribution in [0.2, 0.25) is 0 Å². The van der Waals surface area contributed by atoms with Gasteiger partial charge < -0.3 is 20.3 Å². The maximum atomic E-state index is 5.84. The first kappa shape index (κ1) is 22.2. The Balaban J connectivity index is 1.69. The third-order valence-electron chi connectivity index (χ3n) is 4.48. The molecule has 0 saturated carbocycles. The van der Waals surface area contributed by atoms with Gasteiger partial charge in [-0.2, -0.15) is 0 Å². The number of guanidine groups is 1. The van der Waals surface area contributed by atoms with E-state index in [1.165, 1.54) is 10.4 Å². The zero-order valence-electron chi connectivity index (χ0n) is 17.5. The number of likely N-dealkylation sites (N-methyl/N-ethyl adjacent to an activating group) is 1. The third kappa shape index (κ3) is 7.86. The fourth-order valence-corrected chi connectivity index (χ4v) is 3.53. The van der Waals surface area contributed by atoms with Gasteiger partial charge in [0, 0.05) is 44.2 Å². The van der Waals surface area contributed by atoms with Gasteiger partial charge in [-0.05, 0) is 37.7 Å². The zero-order chi connectivity index (χ0) is 20.2. The molecular formula is C21H33N5OS. The first-order valence-electron chi connectivity index (χ1n) is 9.94. The van der Waals surface area contributed by atoms with Crippen LogP contribution in [-0.2, 0) is 13.0 Å². The van der Waals surface area contributed by atoms with Crippen molar-refractivity contribution in [1.82, 2.24) is 20.5 Å². The van der Waals surface area contributed by atoms with E-state index in [4.69, 9.17) is 4.74 Å². The van der Waals surface area contributed by atoms with E-state index in [9.17, 15) is 0 Å². The first-order valence-corrected chi connectivity index (χ1v) is 10.8. The van der Waals surface area contributed by atoms with E-state index in [-0.39, 0.29) is 0 Å². The highest BCUT2D eigenvalue weighted by Gasteiger charge is 2.03. The Morgan fingerprint density at radius 3 is 2.54 bits per heavy atom. The van der Waals surface area contributed by atoms with Gasteiger partial charge in [-0.1, -0.05) is 26.0 Å². The summed E-state index contributed by atoms with van der Waals surface area (Å²) in [6.07, 6.45) is 2.82. The SMILES string of the molecule is CCN(CC)CCOc1ccc(CNC(=NC)NCCc2ncc(C)s2)cc1. The monoisotopic (exact) mass is 403 g/mol. The van der Waals surface area contributed by atoms with E-state index in [2.05, 4.69) is 58.4 Å². The number of rotatable bonds is 11. The molecule has 0 spiro atoms. The van der Waals surface area contributed by atoms with Crippen molar-refractivity contribution in [3.8, 4) is 5.75 Å².